The SMILES string of the molecule is CC(C(=O)N(Cc1ccc2c(c1)OCO2)C1CCCC1)N1C(=O)c2ccccc2C1=O. The monoisotopic (exact) mass is 420 g/mol. The van der Waals surface area contributed by atoms with Crippen molar-refractivity contribution in [1.29, 1.82) is 0 Å². The normalized spacial score (nSPS) is 18.4. The molecule has 7 heteroatoms. The number of rotatable bonds is 5. The second-order valence-electron chi connectivity index (χ2n) is 8.29. The second kappa shape index (κ2) is 7.72. The number of fused-ring (bicyclic) bond motifs is 2. The zero-order chi connectivity index (χ0) is 21.5. The third-order valence-corrected chi connectivity index (χ3v) is 6.41. The Balaban J connectivity index is 1.41. The van der Waals surface area contributed by atoms with Crippen LogP contribution in [0.15, 0.2) is 42.5 Å². The van der Waals surface area contributed by atoms with E-state index in [-0.39, 0.29) is 18.7 Å². The largest absolute Gasteiger partial charge is 0.454 e. The molecule has 2 aliphatic heterocycles. The first-order chi connectivity index (χ1) is 15.0. The summed E-state index contributed by atoms with van der Waals surface area (Å²) in [5.41, 5.74) is 1.64. The molecule has 5 rings (SSSR count). The molecule has 3 amide bonds. The molecule has 1 aliphatic carbocycles. The Bertz CT molecular complexity index is 1020. The summed E-state index contributed by atoms with van der Waals surface area (Å²) >= 11 is 0. The van der Waals surface area contributed by atoms with Gasteiger partial charge in [-0.3, -0.25) is 19.3 Å². The summed E-state index contributed by atoms with van der Waals surface area (Å²) in [6.45, 7) is 2.24. The van der Waals surface area contributed by atoms with Crippen LogP contribution in [0.2, 0.25) is 0 Å². The van der Waals surface area contributed by atoms with Crippen molar-refractivity contribution in [2.75, 3.05) is 6.79 Å². The van der Waals surface area contributed by atoms with Crippen LogP contribution >= 0.6 is 0 Å². The molecule has 1 unspecified atom stereocenters. The second-order valence-corrected chi connectivity index (χ2v) is 8.29. The molecule has 2 heterocycles. The van der Waals surface area contributed by atoms with Crippen LogP contribution in [0, 0.1) is 0 Å². The van der Waals surface area contributed by atoms with Crippen LogP contribution in [0.4, 0.5) is 0 Å². The van der Waals surface area contributed by atoms with Gasteiger partial charge in [0.2, 0.25) is 12.7 Å². The minimum Gasteiger partial charge on any atom is -0.454 e. The minimum absolute atomic E-state index is 0.0931. The van der Waals surface area contributed by atoms with Crippen molar-refractivity contribution in [3.63, 3.8) is 0 Å². The summed E-state index contributed by atoms with van der Waals surface area (Å²) in [5, 5.41) is 0. The van der Waals surface area contributed by atoms with Crippen molar-refractivity contribution in [3.8, 4) is 11.5 Å². The molecule has 0 bridgehead atoms. The standard InChI is InChI=1S/C24H24N2O5/c1-15(26-23(28)18-8-4-5-9-19(18)24(26)29)22(27)25(17-6-2-3-7-17)13-16-10-11-20-21(12-16)31-14-30-20/h4-5,8-12,15,17H,2-3,6-7,13-14H2,1H3. The first-order valence-electron chi connectivity index (χ1n) is 10.7. The van der Waals surface area contributed by atoms with Crippen molar-refractivity contribution >= 4 is 17.7 Å². The first-order valence-corrected chi connectivity index (χ1v) is 10.7. The highest BCUT2D eigenvalue weighted by Gasteiger charge is 2.42. The smallest absolute Gasteiger partial charge is 0.262 e. The number of hydrogen-bond acceptors (Lipinski definition) is 5. The van der Waals surface area contributed by atoms with E-state index < -0.39 is 17.9 Å². The number of carbonyl (C=O) groups excluding carboxylic acids is 3. The molecule has 2 aromatic rings. The topological polar surface area (TPSA) is 76.2 Å². The van der Waals surface area contributed by atoms with E-state index in [2.05, 4.69) is 0 Å². The van der Waals surface area contributed by atoms with E-state index in [0.29, 0.717) is 29.2 Å². The number of ether oxygens (including phenoxy) is 2. The molecule has 0 aromatic heterocycles. The van der Waals surface area contributed by atoms with Gasteiger partial charge in [-0.1, -0.05) is 31.0 Å². The van der Waals surface area contributed by atoms with Crippen LogP contribution < -0.4 is 9.47 Å². The van der Waals surface area contributed by atoms with E-state index in [9.17, 15) is 14.4 Å². The summed E-state index contributed by atoms with van der Waals surface area (Å²) in [7, 11) is 0. The molecule has 0 saturated heterocycles. The van der Waals surface area contributed by atoms with Gasteiger partial charge in [0.05, 0.1) is 11.1 Å². The van der Waals surface area contributed by atoms with Crippen molar-refractivity contribution < 1.29 is 23.9 Å². The Kier molecular flexibility index (Phi) is 4.88. The summed E-state index contributed by atoms with van der Waals surface area (Å²) < 4.78 is 10.9. The number of amides is 3. The fourth-order valence-corrected chi connectivity index (χ4v) is 4.75. The lowest BCUT2D eigenvalue weighted by Crippen LogP contribution is -2.51. The maximum absolute atomic E-state index is 13.6. The van der Waals surface area contributed by atoms with Crippen LogP contribution in [-0.2, 0) is 11.3 Å². The molecule has 0 N–H and O–H groups in total. The minimum atomic E-state index is -0.873. The van der Waals surface area contributed by atoms with Gasteiger partial charge < -0.3 is 14.4 Å². The number of carbonyl (C=O) groups is 3. The lowest BCUT2D eigenvalue weighted by Gasteiger charge is -2.34. The Morgan fingerprint density at radius 1 is 1.03 bits per heavy atom. The molecular weight excluding hydrogens is 396 g/mol. The van der Waals surface area contributed by atoms with Crippen molar-refractivity contribution in [2.45, 2.75) is 51.2 Å². The maximum atomic E-state index is 13.6. The molecule has 31 heavy (non-hydrogen) atoms. The van der Waals surface area contributed by atoms with Gasteiger partial charge in [-0.25, -0.2) is 0 Å². The van der Waals surface area contributed by atoms with Gasteiger partial charge in [-0.2, -0.15) is 0 Å². The highest BCUT2D eigenvalue weighted by Crippen LogP contribution is 2.34. The molecule has 2 aromatic carbocycles. The van der Waals surface area contributed by atoms with E-state index in [1.54, 1.807) is 31.2 Å². The summed E-state index contributed by atoms with van der Waals surface area (Å²) in [6, 6.07) is 11.6. The van der Waals surface area contributed by atoms with Gasteiger partial charge in [0.1, 0.15) is 6.04 Å². The number of imide groups is 1. The van der Waals surface area contributed by atoms with Gasteiger partial charge >= 0.3 is 0 Å². The van der Waals surface area contributed by atoms with Gasteiger partial charge in [0.15, 0.2) is 11.5 Å². The molecule has 1 saturated carbocycles. The Morgan fingerprint density at radius 2 is 1.68 bits per heavy atom. The zero-order valence-corrected chi connectivity index (χ0v) is 17.4. The van der Waals surface area contributed by atoms with Crippen LogP contribution in [0.25, 0.3) is 0 Å². The number of benzene rings is 2. The lowest BCUT2D eigenvalue weighted by molar-refractivity contribution is -0.138. The van der Waals surface area contributed by atoms with E-state index >= 15 is 0 Å². The van der Waals surface area contributed by atoms with Gasteiger partial charge in [0.25, 0.3) is 11.8 Å². The van der Waals surface area contributed by atoms with E-state index in [1.807, 2.05) is 23.1 Å². The third-order valence-electron chi connectivity index (χ3n) is 6.41. The third kappa shape index (κ3) is 3.34. The lowest BCUT2D eigenvalue weighted by atomic mass is 10.1. The predicted octanol–water partition coefficient (Wildman–Crippen LogP) is 3.37. The van der Waals surface area contributed by atoms with E-state index in [0.717, 1.165) is 36.1 Å². The predicted molar refractivity (Wildman–Crippen MR) is 112 cm³/mol. The molecule has 160 valence electrons. The number of nitrogens with zero attached hydrogens (tertiary/aromatic N) is 2. The van der Waals surface area contributed by atoms with Crippen molar-refractivity contribution in [2.24, 2.45) is 0 Å². The van der Waals surface area contributed by atoms with Crippen LogP contribution in [0.1, 0.15) is 58.9 Å². The van der Waals surface area contributed by atoms with Crippen LogP contribution in [-0.4, -0.2) is 46.4 Å². The molecule has 1 atom stereocenters. The first kappa shape index (κ1) is 19.6. The highest BCUT2D eigenvalue weighted by atomic mass is 16.7. The Hall–Kier alpha value is -3.35. The van der Waals surface area contributed by atoms with Gasteiger partial charge in [0, 0.05) is 12.6 Å². The summed E-state index contributed by atoms with van der Waals surface area (Å²) in [6.07, 6.45) is 3.98. The highest BCUT2D eigenvalue weighted by molar-refractivity contribution is 6.22. The summed E-state index contributed by atoms with van der Waals surface area (Å²) in [5.74, 6) is 0.345. The van der Waals surface area contributed by atoms with Crippen LogP contribution in [0.5, 0.6) is 11.5 Å². The van der Waals surface area contributed by atoms with E-state index in [1.165, 1.54) is 0 Å². The average Bonchev–Trinajstić information content (AvgIpc) is 3.52. The molecule has 0 radical (unpaired) electrons. The Labute approximate surface area is 180 Å². The average molecular weight is 420 g/mol. The number of hydrogen-bond donors (Lipinski definition) is 0. The quantitative estimate of drug-likeness (QED) is 0.694. The van der Waals surface area contributed by atoms with Crippen molar-refractivity contribution in [3.05, 3.63) is 59.2 Å². The molecule has 3 aliphatic rings. The molecule has 7 nitrogen and oxygen atoms in total. The molecule has 1 fully saturated rings. The fraction of sp³-hybridized carbons (Fsp3) is 0.375. The van der Waals surface area contributed by atoms with Gasteiger partial charge in [-0.05, 0) is 49.6 Å². The van der Waals surface area contributed by atoms with E-state index in [4.69, 9.17) is 9.47 Å². The maximum Gasteiger partial charge on any atom is 0.262 e. The molecular formula is C24H24N2O5. The van der Waals surface area contributed by atoms with Gasteiger partial charge in [-0.15, -0.1) is 0 Å². The Morgan fingerprint density at radius 3 is 2.35 bits per heavy atom. The zero-order valence-electron chi connectivity index (χ0n) is 17.4. The van der Waals surface area contributed by atoms with Crippen molar-refractivity contribution in [1.82, 2.24) is 9.80 Å². The molecule has 0 spiro atoms. The fourth-order valence-electron chi connectivity index (χ4n) is 4.75. The summed E-state index contributed by atoms with van der Waals surface area (Å²) in [4.78, 5) is 42.3. The van der Waals surface area contributed by atoms with Crippen LogP contribution in [0.3, 0.4) is 0 Å².